The van der Waals surface area contributed by atoms with Crippen LogP contribution in [-0.4, -0.2) is 27.3 Å². The Labute approximate surface area is 152 Å². The number of hydrogen-bond acceptors (Lipinski definition) is 8. The number of aromatic nitrogens is 2. The van der Waals surface area contributed by atoms with E-state index in [0.29, 0.717) is 17.9 Å². The number of methoxy groups -OCH3 is 1. The number of hydrogen-bond donors (Lipinski definition) is 0. The molecule has 2 aromatic carbocycles. The van der Waals surface area contributed by atoms with E-state index in [0.717, 1.165) is 23.1 Å². The van der Waals surface area contributed by atoms with Crippen LogP contribution >= 0.6 is 11.8 Å². The molecule has 0 fully saturated rings. The maximum atomic E-state index is 12.2. The number of benzene rings is 2. The van der Waals surface area contributed by atoms with Crippen molar-refractivity contribution >= 4 is 22.6 Å². The van der Waals surface area contributed by atoms with Gasteiger partial charge in [0.05, 0.1) is 18.5 Å². The van der Waals surface area contributed by atoms with Crippen molar-refractivity contribution in [3.05, 3.63) is 75.7 Å². The molecule has 0 N–H and O–H groups in total. The predicted molar refractivity (Wildman–Crippen MR) is 93.4 cm³/mol. The maximum Gasteiger partial charge on any atom is 0.284 e. The van der Waals surface area contributed by atoms with Gasteiger partial charge in [-0.05, 0) is 29.8 Å². The van der Waals surface area contributed by atoms with Crippen molar-refractivity contribution in [1.82, 2.24) is 10.2 Å². The van der Waals surface area contributed by atoms with E-state index in [4.69, 9.17) is 9.15 Å². The standard InChI is InChI=1S/C17H13N3O5S/c1-24-14-8-2-11(3-9-14)10-15-18-19-17(25-15)26-16(21)12-4-6-13(7-5-12)20(22)23/h2-9H,10H2,1H3. The summed E-state index contributed by atoms with van der Waals surface area (Å²) in [6.45, 7) is 0. The van der Waals surface area contributed by atoms with Crippen LogP contribution in [-0.2, 0) is 6.42 Å². The summed E-state index contributed by atoms with van der Waals surface area (Å²) in [7, 11) is 1.60. The lowest BCUT2D eigenvalue weighted by atomic mass is 10.1. The topological polar surface area (TPSA) is 108 Å². The number of carbonyl (C=O) groups is 1. The zero-order valence-corrected chi connectivity index (χ0v) is 14.4. The molecule has 3 aromatic rings. The van der Waals surface area contributed by atoms with Gasteiger partial charge in [-0.2, -0.15) is 0 Å². The average Bonchev–Trinajstić information content (AvgIpc) is 3.09. The molecule has 0 aliphatic rings. The first-order chi connectivity index (χ1) is 12.5. The molecule has 0 saturated heterocycles. The molecule has 0 radical (unpaired) electrons. The quantitative estimate of drug-likeness (QED) is 0.368. The molecule has 3 rings (SSSR count). The Morgan fingerprint density at radius 1 is 1.15 bits per heavy atom. The van der Waals surface area contributed by atoms with E-state index in [1.165, 1.54) is 24.3 Å². The molecule has 0 aliphatic carbocycles. The second kappa shape index (κ2) is 7.79. The van der Waals surface area contributed by atoms with Gasteiger partial charge in [0, 0.05) is 29.5 Å². The number of carbonyl (C=O) groups excluding carboxylic acids is 1. The molecule has 26 heavy (non-hydrogen) atoms. The van der Waals surface area contributed by atoms with Gasteiger partial charge in [-0.1, -0.05) is 12.1 Å². The number of nitro benzene ring substituents is 1. The van der Waals surface area contributed by atoms with E-state index in [9.17, 15) is 14.9 Å². The van der Waals surface area contributed by atoms with Gasteiger partial charge in [0.25, 0.3) is 10.9 Å². The number of ether oxygens (including phenoxy) is 1. The van der Waals surface area contributed by atoms with Gasteiger partial charge in [0.15, 0.2) is 0 Å². The van der Waals surface area contributed by atoms with Crippen LogP contribution in [0.1, 0.15) is 21.8 Å². The van der Waals surface area contributed by atoms with E-state index >= 15 is 0 Å². The largest absolute Gasteiger partial charge is 0.497 e. The van der Waals surface area contributed by atoms with Crippen molar-refractivity contribution in [2.75, 3.05) is 7.11 Å². The molecule has 0 bridgehead atoms. The van der Waals surface area contributed by atoms with Crippen molar-refractivity contribution in [2.24, 2.45) is 0 Å². The molecule has 9 heteroatoms. The molecule has 132 valence electrons. The zero-order valence-electron chi connectivity index (χ0n) is 13.6. The molecule has 1 heterocycles. The van der Waals surface area contributed by atoms with E-state index in [1.54, 1.807) is 7.11 Å². The smallest absolute Gasteiger partial charge is 0.284 e. The van der Waals surface area contributed by atoms with E-state index < -0.39 is 4.92 Å². The lowest BCUT2D eigenvalue weighted by molar-refractivity contribution is -0.384. The summed E-state index contributed by atoms with van der Waals surface area (Å²) >= 11 is 0.779. The van der Waals surface area contributed by atoms with Gasteiger partial charge in [-0.3, -0.25) is 14.9 Å². The second-order valence-electron chi connectivity index (χ2n) is 5.18. The van der Waals surface area contributed by atoms with Crippen molar-refractivity contribution in [2.45, 2.75) is 11.6 Å². The van der Waals surface area contributed by atoms with E-state index in [2.05, 4.69) is 10.2 Å². The molecule has 0 unspecified atom stereocenters. The van der Waals surface area contributed by atoms with E-state index in [-0.39, 0.29) is 16.0 Å². The van der Waals surface area contributed by atoms with Crippen LogP contribution in [0.2, 0.25) is 0 Å². The third-order valence-corrected chi connectivity index (χ3v) is 4.22. The Balaban J connectivity index is 1.63. The van der Waals surface area contributed by atoms with Crippen LogP contribution in [0.4, 0.5) is 5.69 Å². The highest BCUT2D eigenvalue weighted by Gasteiger charge is 2.15. The molecular weight excluding hydrogens is 358 g/mol. The molecule has 0 spiro atoms. The molecule has 0 aliphatic heterocycles. The number of thioether (sulfide) groups is 1. The highest BCUT2D eigenvalue weighted by molar-refractivity contribution is 8.14. The lowest BCUT2D eigenvalue weighted by Gasteiger charge is -2.00. The SMILES string of the molecule is COc1ccc(Cc2nnc(SC(=O)c3ccc([N+](=O)[O-])cc3)o2)cc1. The lowest BCUT2D eigenvalue weighted by Crippen LogP contribution is -1.94. The number of non-ortho nitro benzene ring substituents is 1. The van der Waals surface area contributed by atoms with Crippen LogP contribution in [0.25, 0.3) is 0 Å². The first-order valence-electron chi connectivity index (χ1n) is 7.47. The van der Waals surface area contributed by atoms with Crippen molar-refractivity contribution in [3.63, 3.8) is 0 Å². The summed E-state index contributed by atoms with van der Waals surface area (Å²) in [6, 6.07) is 12.8. The zero-order chi connectivity index (χ0) is 18.5. The van der Waals surface area contributed by atoms with Gasteiger partial charge >= 0.3 is 0 Å². The average molecular weight is 371 g/mol. The monoisotopic (exact) mass is 371 g/mol. The third kappa shape index (κ3) is 4.25. The van der Waals surface area contributed by atoms with Crippen molar-refractivity contribution in [1.29, 1.82) is 0 Å². The second-order valence-corrected chi connectivity index (χ2v) is 6.10. The first-order valence-corrected chi connectivity index (χ1v) is 8.29. The number of rotatable bonds is 6. The molecule has 0 atom stereocenters. The highest BCUT2D eigenvalue weighted by atomic mass is 32.2. The molecular formula is C17H13N3O5S. The molecule has 1 aromatic heterocycles. The van der Waals surface area contributed by atoms with E-state index in [1.807, 2.05) is 24.3 Å². The first kappa shape index (κ1) is 17.6. The Morgan fingerprint density at radius 2 is 1.85 bits per heavy atom. The van der Waals surface area contributed by atoms with Gasteiger partial charge in [-0.25, -0.2) is 0 Å². The van der Waals surface area contributed by atoms with Crippen molar-refractivity contribution < 1.29 is 18.9 Å². The number of nitro groups is 1. The van der Waals surface area contributed by atoms with Crippen LogP contribution < -0.4 is 4.74 Å². The maximum absolute atomic E-state index is 12.2. The molecule has 0 amide bonds. The Morgan fingerprint density at radius 3 is 2.46 bits per heavy atom. The third-order valence-electron chi connectivity index (χ3n) is 3.46. The minimum Gasteiger partial charge on any atom is -0.497 e. The van der Waals surface area contributed by atoms with Crippen LogP contribution in [0.15, 0.2) is 58.2 Å². The Hall–Kier alpha value is -3.20. The van der Waals surface area contributed by atoms with Gasteiger partial charge < -0.3 is 9.15 Å². The van der Waals surface area contributed by atoms with Crippen LogP contribution in [0.5, 0.6) is 5.75 Å². The minimum atomic E-state index is -0.523. The van der Waals surface area contributed by atoms with Crippen LogP contribution in [0.3, 0.4) is 0 Å². The summed E-state index contributed by atoms with van der Waals surface area (Å²) in [5.74, 6) is 1.14. The Bertz CT molecular complexity index is 922. The van der Waals surface area contributed by atoms with Gasteiger partial charge in [0.1, 0.15) is 5.75 Å². The summed E-state index contributed by atoms with van der Waals surface area (Å²) in [5.41, 5.74) is 1.20. The number of nitrogens with zero attached hydrogens (tertiary/aromatic N) is 3. The van der Waals surface area contributed by atoms with Crippen LogP contribution in [0, 0.1) is 10.1 Å². The summed E-state index contributed by atoms with van der Waals surface area (Å²) in [5, 5.41) is 18.2. The predicted octanol–water partition coefficient (Wildman–Crippen LogP) is 3.51. The minimum absolute atomic E-state index is 0.0777. The molecule has 8 nitrogen and oxygen atoms in total. The normalized spacial score (nSPS) is 10.5. The fourth-order valence-electron chi connectivity index (χ4n) is 2.13. The van der Waals surface area contributed by atoms with Gasteiger partial charge in [0.2, 0.25) is 11.0 Å². The highest BCUT2D eigenvalue weighted by Crippen LogP contribution is 2.24. The van der Waals surface area contributed by atoms with Gasteiger partial charge in [-0.15, -0.1) is 10.2 Å². The summed E-state index contributed by atoms with van der Waals surface area (Å²) in [6.07, 6.45) is 0.434. The Kier molecular flexibility index (Phi) is 5.28. The summed E-state index contributed by atoms with van der Waals surface area (Å²) in [4.78, 5) is 22.3. The van der Waals surface area contributed by atoms with Crippen molar-refractivity contribution in [3.8, 4) is 5.75 Å². The summed E-state index contributed by atoms with van der Waals surface area (Å²) < 4.78 is 10.6. The molecule has 0 saturated carbocycles. The fourth-order valence-corrected chi connectivity index (χ4v) is 2.76. The fraction of sp³-hybridized carbons (Fsp3) is 0.118.